The van der Waals surface area contributed by atoms with Gasteiger partial charge >= 0.3 is 0 Å². The normalized spacial score (nSPS) is 15.9. The van der Waals surface area contributed by atoms with Crippen LogP contribution in [-0.4, -0.2) is 70.2 Å². The van der Waals surface area contributed by atoms with Gasteiger partial charge in [0, 0.05) is 24.0 Å². The van der Waals surface area contributed by atoms with Gasteiger partial charge in [-0.15, -0.1) is 18.5 Å². The van der Waals surface area contributed by atoms with Crippen molar-refractivity contribution in [3.8, 4) is 16.9 Å². The zero-order valence-corrected chi connectivity index (χ0v) is 23.5. The monoisotopic (exact) mass is 529 g/mol. The Balaban J connectivity index is 1.69. The minimum absolute atomic E-state index is 0.0129. The number of pyridine rings is 1. The van der Waals surface area contributed by atoms with Gasteiger partial charge in [0.15, 0.2) is 0 Å². The lowest BCUT2D eigenvalue weighted by Gasteiger charge is -2.27. The van der Waals surface area contributed by atoms with Gasteiger partial charge in [0.2, 0.25) is 0 Å². The maximum atomic E-state index is 5.96. The van der Waals surface area contributed by atoms with Crippen LogP contribution in [0.3, 0.4) is 0 Å². The van der Waals surface area contributed by atoms with Crippen molar-refractivity contribution in [2.75, 3.05) is 40.0 Å². The molecule has 0 N–H and O–H groups in total. The highest BCUT2D eigenvalue weighted by atomic mass is 31.1. The quantitative estimate of drug-likeness (QED) is 0.312. The van der Waals surface area contributed by atoms with Gasteiger partial charge in [-0.25, -0.2) is 4.98 Å². The van der Waals surface area contributed by atoms with E-state index in [4.69, 9.17) is 28.7 Å². The first-order chi connectivity index (χ1) is 17.4. The van der Waals surface area contributed by atoms with Crippen LogP contribution >= 0.6 is 18.5 Å². The number of hydrogen-bond donors (Lipinski definition) is 0. The van der Waals surface area contributed by atoms with Crippen LogP contribution in [-0.2, 0) is 16.0 Å². The van der Waals surface area contributed by atoms with E-state index in [0.717, 1.165) is 88.9 Å². The molecule has 0 bridgehead atoms. The molecule has 0 aliphatic carbocycles. The number of morpholine rings is 1. The predicted molar refractivity (Wildman–Crippen MR) is 147 cm³/mol. The van der Waals surface area contributed by atoms with Gasteiger partial charge in [-0.1, -0.05) is 5.16 Å². The highest BCUT2D eigenvalue weighted by molar-refractivity contribution is 7.37. The maximum Gasteiger partial charge on any atom is 0.141 e. The van der Waals surface area contributed by atoms with E-state index in [0.29, 0.717) is 6.61 Å². The molecule has 1 aliphatic rings. The molecule has 36 heavy (non-hydrogen) atoms. The average Bonchev–Trinajstić information content (AvgIpc) is 3.41. The first kappa shape index (κ1) is 25.5. The van der Waals surface area contributed by atoms with E-state index in [-0.39, 0.29) is 11.6 Å². The molecule has 9 nitrogen and oxygen atoms in total. The van der Waals surface area contributed by atoms with Crippen LogP contribution in [0.5, 0.6) is 5.75 Å². The summed E-state index contributed by atoms with van der Waals surface area (Å²) in [5.41, 5.74) is 5.41. The second-order valence-electron chi connectivity index (χ2n) is 9.19. The van der Waals surface area contributed by atoms with Crippen molar-refractivity contribution >= 4 is 40.4 Å². The van der Waals surface area contributed by atoms with Crippen LogP contribution in [0.1, 0.15) is 30.2 Å². The number of aryl methyl sites for hydroxylation is 2. The molecule has 0 amide bonds. The number of imidazole rings is 1. The molecule has 5 rings (SSSR count). The zero-order chi connectivity index (χ0) is 25.4. The number of nitrogens with zero attached hydrogens (tertiary/aromatic N) is 5. The van der Waals surface area contributed by atoms with Gasteiger partial charge in [0.05, 0.1) is 73.6 Å². The van der Waals surface area contributed by atoms with Crippen molar-refractivity contribution in [3.63, 3.8) is 0 Å². The summed E-state index contributed by atoms with van der Waals surface area (Å²) in [6.07, 6.45) is 1.86. The van der Waals surface area contributed by atoms with Gasteiger partial charge < -0.3 is 23.3 Å². The number of rotatable bonds is 8. The number of methoxy groups -OCH3 is 1. The molecule has 1 fully saturated rings. The first-order valence-electron chi connectivity index (χ1n) is 12.1. The third-order valence-electron chi connectivity index (χ3n) is 6.65. The summed E-state index contributed by atoms with van der Waals surface area (Å²) in [6.45, 7) is 10.6. The number of fused-ring (bicyclic) bond motifs is 3. The zero-order valence-electron chi connectivity index (χ0n) is 21.2. The van der Waals surface area contributed by atoms with E-state index in [1.807, 2.05) is 20.0 Å². The average molecular weight is 530 g/mol. The van der Waals surface area contributed by atoms with Gasteiger partial charge in [0.25, 0.3) is 0 Å². The summed E-state index contributed by atoms with van der Waals surface area (Å²) in [5, 5.41) is 5.12. The lowest BCUT2D eigenvalue weighted by molar-refractivity contribution is 0.0321. The van der Waals surface area contributed by atoms with Crippen molar-refractivity contribution in [3.05, 3.63) is 35.6 Å². The molecular weight excluding hydrogens is 496 g/mol. The Bertz CT molecular complexity index is 1360. The summed E-state index contributed by atoms with van der Waals surface area (Å²) in [6, 6.07) is 4.18. The lowest BCUT2D eigenvalue weighted by atomic mass is 10.0. The summed E-state index contributed by atoms with van der Waals surface area (Å²) in [5.74, 6) is 2.49. The molecular formula is C25H33N5O4P2. The molecule has 3 atom stereocenters. The smallest absolute Gasteiger partial charge is 0.141 e. The Morgan fingerprint density at radius 3 is 2.58 bits per heavy atom. The Kier molecular flexibility index (Phi) is 7.57. The topological polar surface area (TPSA) is 87.7 Å². The van der Waals surface area contributed by atoms with Gasteiger partial charge in [-0.2, -0.15) is 0 Å². The van der Waals surface area contributed by atoms with Gasteiger partial charge in [-0.3, -0.25) is 9.88 Å². The molecule has 1 aromatic carbocycles. The van der Waals surface area contributed by atoms with E-state index < -0.39 is 0 Å². The first-order valence-corrected chi connectivity index (χ1v) is 13.4. The largest absolute Gasteiger partial charge is 0.496 e. The van der Waals surface area contributed by atoms with E-state index >= 15 is 0 Å². The van der Waals surface area contributed by atoms with Crippen LogP contribution in [0, 0.1) is 13.8 Å². The molecule has 4 heterocycles. The predicted octanol–water partition coefficient (Wildman–Crippen LogP) is 4.31. The molecule has 0 spiro atoms. The van der Waals surface area contributed by atoms with Gasteiger partial charge in [0.1, 0.15) is 22.9 Å². The number of aromatic nitrogens is 4. The lowest BCUT2D eigenvalue weighted by Crippen LogP contribution is -2.36. The third kappa shape index (κ3) is 4.88. The second-order valence-corrected chi connectivity index (χ2v) is 11.3. The maximum absolute atomic E-state index is 5.96. The number of ether oxygens (including phenoxy) is 3. The van der Waals surface area contributed by atoms with Crippen LogP contribution in [0.4, 0.5) is 0 Å². The van der Waals surface area contributed by atoms with Crippen LogP contribution in [0.2, 0.25) is 0 Å². The summed E-state index contributed by atoms with van der Waals surface area (Å²) >= 11 is 0. The molecule has 192 valence electrons. The highest BCUT2D eigenvalue weighted by Crippen LogP contribution is 2.39. The summed E-state index contributed by atoms with van der Waals surface area (Å²) < 4.78 is 25.1. The summed E-state index contributed by atoms with van der Waals surface area (Å²) in [7, 11) is 7.02. The Labute approximate surface area is 215 Å². The van der Waals surface area contributed by atoms with Crippen LogP contribution in [0.25, 0.3) is 33.1 Å². The van der Waals surface area contributed by atoms with Crippen LogP contribution < -0.4 is 4.74 Å². The van der Waals surface area contributed by atoms with Crippen molar-refractivity contribution < 1.29 is 18.7 Å². The van der Waals surface area contributed by atoms with Crippen molar-refractivity contribution in [1.29, 1.82) is 0 Å². The molecule has 11 heteroatoms. The number of benzene rings is 1. The molecule has 3 aromatic heterocycles. The Morgan fingerprint density at radius 2 is 1.92 bits per heavy atom. The van der Waals surface area contributed by atoms with E-state index in [9.17, 15) is 0 Å². The van der Waals surface area contributed by atoms with Gasteiger partial charge in [-0.05, 0) is 32.9 Å². The molecule has 0 saturated carbocycles. The fourth-order valence-corrected chi connectivity index (χ4v) is 5.18. The molecule has 1 saturated heterocycles. The Hall–Kier alpha value is -2.15. The minimum atomic E-state index is -0.0129. The van der Waals surface area contributed by atoms with Crippen LogP contribution in [0.15, 0.2) is 22.9 Å². The summed E-state index contributed by atoms with van der Waals surface area (Å²) in [4.78, 5) is 12.2. The molecule has 2 unspecified atom stereocenters. The van der Waals surface area contributed by atoms with E-state index in [2.05, 4.69) is 52.2 Å². The van der Waals surface area contributed by atoms with Crippen molar-refractivity contribution in [2.45, 2.75) is 38.9 Å². The third-order valence-corrected chi connectivity index (χ3v) is 7.04. The minimum Gasteiger partial charge on any atom is -0.496 e. The number of hydrogen-bond acceptors (Lipinski definition) is 8. The fraction of sp³-hybridized carbons (Fsp3) is 0.480. The van der Waals surface area contributed by atoms with Crippen molar-refractivity contribution in [1.82, 2.24) is 24.6 Å². The molecule has 4 aromatic rings. The molecule has 0 radical (unpaired) electrons. The second kappa shape index (κ2) is 10.7. The standard InChI is InChI=1S/C25H33N5O4P2/c1-14(13-33-25(35)36)30-22(12-29-5-7-32-8-6-29)27-20-11-26-19-9-18(23-15(2)28-34-16(23)3)21(31-4)10-17(19)24(20)30/h9-11,14,25H,5-8,12-13,35-36H2,1-4H3/t14-/m0/s1. The SMILES string of the molecule is COc1cc2c(cc1-c1c(C)noc1C)ncc1nc(CN3CCOCC3)n([C@@H](C)COC(P)P)c12. The van der Waals surface area contributed by atoms with E-state index in [1.165, 1.54) is 0 Å². The van der Waals surface area contributed by atoms with E-state index in [1.54, 1.807) is 7.11 Å². The molecule has 1 aliphatic heterocycles. The Morgan fingerprint density at radius 1 is 1.14 bits per heavy atom. The fourth-order valence-electron chi connectivity index (χ4n) is 4.95. The van der Waals surface area contributed by atoms with Crippen molar-refractivity contribution in [2.24, 2.45) is 0 Å². The highest BCUT2D eigenvalue weighted by Gasteiger charge is 2.24.